The fourth-order valence-electron chi connectivity index (χ4n) is 1.75. The van der Waals surface area contributed by atoms with E-state index < -0.39 is 0 Å². The van der Waals surface area contributed by atoms with Crippen LogP contribution in [0.15, 0.2) is 18.2 Å². The number of thioether (sulfide) groups is 1. The van der Waals surface area contributed by atoms with Crippen LogP contribution in [0.3, 0.4) is 0 Å². The van der Waals surface area contributed by atoms with E-state index in [2.05, 4.69) is 13.8 Å². The molecule has 18 heavy (non-hydrogen) atoms. The predicted octanol–water partition coefficient (Wildman–Crippen LogP) is 3.17. The molecule has 0 saturated carbocycles. The summed E-state index contributed by atoms with van der Waals surface area (Å²) < 4.78 is 10.9. The van der Waals surface area contributed by atoms with Gasteiger partial charge < -0.3 is 9.47 Å². The Morgan fingerprint density at radius 1 is 1.28 bits per heavy atom. The molecule has 0 radical (unpaired) electrons. The zero-order chi connectivity index (χ0) is 13.0. The summed E-state index contributed by atoms with van der Waals surface area (Å²) in [4.78, 5) is 12.0. The van der Waals surface area contributed by atoms with Crippen molar-refractivity contribution in [3.8, 4) is 11.5 Å². The number of hydrogen-bond donors (Lipinski definition) is 0. The van der Waals surface area contributed by atoms with Crippen molar-refractivity contribution in [1.82, 2.24) is 0 Å². The molecule has 0 amide bonds. The van der Waals surface area contributed by atoms with Crippen LogP contribution in [0.4, 0.5) is 0 Å². The zero-order valence-corrected chi connectivity index (χ0v) is 11.6. The maximum Gasteiger partial charge on any atom is 0.163 e. The molecule has 0 atom stereocenters. The quantitative estimate of drug-likeness (QED) is 0.767. The molecule has 1 aliphatic heterocycles. The smallest absolute Gasteiger partial charge is 0.163 e. The SMILES string of the molecule is CC(C)SCCC(=O)c1ccc2c(c1)OCCO2. The first-order valence-corrected chi connectivity index (χ1v) is 7.26. The molecule has 0 aliphatic carbocycles. The molecular weight excluding hydrogens is 248 g/mol. The number of rotatable bonds is 5. The van der Waals surface area contributed by atoms with E-state index in [0.717, 1.165) is 11.5 Å². The first kappa shape index (κ1) is 13.3. The van der Waals surface area contributed by atoms with Gasteiger partial charge in [-0.05, 0) is 23.4 Å². The predicted molar refractivity (Wildman–Crippen MR) is 74.0 cm³/mol. The number of ketones is 1. The Labute approximate surface area is 112 Å². The molecular formula is C14H18O3S. The first-order chi connectivity index (χ1) is 8.66. The van der Waals surface area contributed by atoms with Crippen LogP contribution in [-0.2, 0) is 0 Å². The highest BCUT2D eigenvalue weighted by Crippen LogP contribution is 2.31. The average Bonchev–Trinajstić information content (AvgIpc) is 2.37. The molecule has 2 rings (SSSR count). The van der Waals surface area contributed by atoms with Crippen molar-refractivity contribution >= 4 is 17.5 Å². The minimum absolute atomic E-state index is 0.167. The lowest BCUT2D eigenvalue weighted by Crippen LogP contribution is -2.15. The number of ether oxygens (including phenoxy) is 2. The Morgan fingerprint density at radius 3 is 2.72 bits per heavy atom. The molecule has 0 spiro atoms. The van der Waals surface area contributed by atoms with Crippen molar-refractivity contribution in [3.05, 3.63) is 23.8 Å². The van der Waals surface area contributed by atoms with Crippen LogP contribution < -0.4 is 9.47 Å². The van der Waals surface area contributed by atoms with Crippen molar-refractivity contribution in [2.24, 2.45) is 0 Å². The third-order valence-corrected chi connectivity index (χ3v) is 3.75. The maximum absolute atomic E-state index is 12.0. The molecule has 1 aromatic rings. The molecule has 98 valence electrons. The summed E-state index contributed by atoms with van der Waals surface area (Å²) in [5, 5.41) is 0.568. The number of benzene rings is 1. The Balaban J connectivity index is 1.98. The average molecular weight is 266 g/mol. The van der Waals surface area contributed by atoms with Crippen LogP contribution in [0.5, 0.6) is 11.5 Å². The van der Waals surface area contributed by atoms with Gasteiger partial charge in [-0.2, -0.15) is 11.8 Å². The van der Waals surface area contributed by atoms with E-state index in [1.807, 2.05) is 12.1 Å². The lowest BCUT2D eigenvalue weighted by molar-refractivity contribution is 0.0988. The van der Waals surface area contributed by atoms with Crippen molar-refractivity contribution < 1.29 is 14.3 Å². The molecule has 3 nitrogen and oxygen atoms in total. The second-order valence-electron chi connectivity index (χ2n) is 4.45. The molecule has 0 saturated heterocycles. The molecule has 0 aromatic heterocycles. The zero-order valence-electron chi connectivity index (χ0n) is 10.8. The monoisotopic (exact) mass is 266 g/mol. The normalized spacial score (nSPS) is 13.7. The Morgan fingerprint density at radius 2 is 2.00 bits per heavy atom. The maximum atomic E-state index is 12.0. The number of carbonyl (C=O) groups excluding carboxylic acids is 1. The number of hydrogen-bond acceptors (Lipinski definition) is 4. The van der Waals surface area contributed by atoms with Crippen LogP contribution in [-0.4, -0.2) is 30.0 Å². The Hall–Kier alpha value is -1.16. The second kappa shape index (κ2) is 6.14. The lowest BCUT2D eigenvalue weighted by Gasteiger charge is -2.18. The van der Waals surface area contributed by atoms with Gasteiger partial charge in [0, 0.05) is 17.7 Å². The summed E-state index contributed by atoms with van der Waals surface area (Å²) in [6.07, 6.45) is 0.572. The minimum atomic E-state index is 0.167. The van der Waals surface area contributed by atoms with E-state index in [1.54, 1.807) is 17.8 Å². The number of fused-ring (bicyclic) bond motifs is 1. The fourth-order valence-corrected chi connectivity index (χ4v) is 2.52. The highest BCUT2D eigenvalue weighted by atomic mass is 32.2. The third-order valence-electron chi connectivity index (χ3n) is 2.64. The van der Waals surface area contributed by atoms with E-state index in [4.69, 9.17) is 9.47 Å². The van der Waals surface area contributed by atoms with Crippen LogP contribution in [0.2, 0.25) is 0 Å². The van der Waals surface area contributed by atoms with Crippen LogP contribution in [0.25, 0.3) is 0 Å². The largest absolute Gasteiger partial charge is 0.486 e. The lowest BCUT2D eigenvalue weighted by atomic mass is 10.1. The van der Waals surface area contributed by atoms with Crippen molar-refractivity contribution in [2.45, 2.75) is 25.5 Å². The van der Waals surface area contributed by atoms with E-state index in [-0.39, 0.29) is 5.78 Å². The highest BCUT2D eigenvalue weighted by molar-refractivity contribution is 7.99. The van der Waals surface area contributed by atoms with Gasteiger partial charge in [0.2, 0.25) is 0 Å². The molecule has 0 fully saturated rings. The first-order valence-electron chi connectivity index (χ1n) is 6.21. The van der Waals surface area contributed by atoms with E-state index in [9.17, 15) is 4.79 Å². The summed E-state index contributed by atoms with van der Waals surface area (Å²) in [5.41, 5.74) is 0.712. The Kier molecular flexibility index (Phi) is 4.53. The van der Waals surface area contributed by atoms with Gasteiger partial charge in [-0.15, -0.1) is 0 Å². The Bertz CT molecular complexity index is 429. The number of Topliss-reactive ketones (excluding diaryl/α,β-unsaturated/α-hetero) is 1. The highest BCUT2D eigenvalue weighted by Gasteiger charge is 2.14. The molecule has 1 aromatic carbocycles. The molecule has 0 N–H and O–H groups in total. The molecule has 0 unspecified atom stereocenters. The van der Waals surface area contributed by atoms with E-state index >= 15 is 0 Å². The van der Waals surface area contributed by atoms with Crippen molar-refractivity contribution in [3.63, 3.8) is 0 Å². The van der Waals surface area contributed by atoms with Gasteiger partial charge in [-0.25, -0.2) is 0 Å². The van der Waals surface area contributed by atoms with Crippen LogP contribution in [0.1, 0.15) is 30.6 Å². The second-order valence-corrected chi connectivity index (χ2v) is 6.14. The summed E-state index contributed by atoms with van der Waals surface area (Å²) in [5.74, 6) is 2.45. The number of carbonyl (C=O) groups is 1. The molecule has 0 bridgehead atoms. The minimum Gasteiger partial charge on any atom is -0.486 e. The molecule has 1 heterocycles. The summed E-state index contributed by atoms with van der Waals surface area (Å²) in [6, 6.07) is 5.42. The topological polar surface area (TPSA) is 35.5 Å². The van der Waals surface area contributed by atoms with Crippen molar-refractivity contribution in [2.75, 3.05) is 19.0 Å². The van der Waals surface area contributed by atoms with Gasteiger partial charge in [-0.3, -0.25) is 4.79 Å². The van der Waals surface area contributed by atoms with E-state index in [0.29, 0.717) is 36.2 Å². The van der Waals surface area contributed by atoms with Gasteiger partial charge in [-0.1, -0.05) is 13.8 Å². The standard InChI is InChI=1S/C14H18O3S/c1-10(2)18-8-5-12(15)11-3-4-13-14(9-11)17-7-6-16-13/h3-4,9-10H,5-8H2,1-2H3. The van der Waals surface area contributed by atoms with Crippen LogP contribution >= 0.6 is 11.8 Å². The molecule has 4 heteroatoms. The van der Waals surface area contributed by atoms with E-state index in [1.165, 1.54) is 0 Å². The third kappa shape index (κ3) is 3.42. The summed E-state index contributed by atoms with van der Waals surface area (Å²) in [7, 11) is 0. The fraction of sp³-hybridized carbons (Fsp3) is 0.500. The van der Waals surface area contributed by atoms with Gasteiger partial charge in [0.05, 0.1) is 0 Å². The molecule has 1 aliphatic rings. The van der Waals surface area contributed by atoms with Gasteiger partial charge >= 0.3 is 0 Å². The summed E-state index contributed by atoms with van der Waals surface area (Å²) >= 11 is 1.81. The van der Waals surface area contributed by atoms with Crippen molar-refractivity contribution in [1.29, 1.82) is 0 Å². The van der Waals surface area contributed by atoms with Gasteiger partial charge in [0.1, 0.15) is 13.2 Å². The van der Waals surface area contributed by atoms with Gasteiger partial charge in [0.25, 0.3) is 0 Å². The summed E-state index contributed by atoms with van der Waals surface area (Å²) in [6.45, 7) is 5.40. The van der Waals surface area contributed by atoms with Crippen LogP contribution in [0, 0.1) is 0 Å². The van der Waals surface area contributed by atoms with Gasteiger partial charge in [0.15, 0.2) is 17.3 Å².